The Bertz CT molecular complexity index is 833. The molecule has 2 aromatic carbocycles. The molecule has 0 radical (unpaired) electrons. The summed E-state index contributed by atoms with van der Waals surface area (Å²) in [5.41, 5.74) is 3.98. The molecule has 1 unspecified atom stereocenters. The Balaban J connectivity index is 1.36. The Hall–Kier alpha value is -2.24. The standard InChI is InChI=1S/C25H35N3O2/c1-20-8-4-5-11-23(20)28-16-14-27(15-17-28)22-10-7-13-26(19-22)18-21-9-6-12-24(29-2)25(21)30-3/h4-6,8-9,11-12,22H,7,10,13-19H2,1-3H3. The molecule has 30 heavy (non-hydrogen) atoms. The topological polar surface area (TPSA) is 28.2 Å². The molecule has 2 aliphatic heterocycles. The zero-order chi connectivity index (χ0) is 20.9. The van der Waals surface area contributed by atoms with Crippen LogP contribution in [-0.2, 0) is 6.54 Å². The van der Waals surface area contributed by atoms with Crippen molar-refractivity contribution in [3.05, 3.63) is 53.6 Å². The van der Waals surface area contributed by atoms with Gasteiger partial charge in [-0.05, 0) is 44.0 Å². The van der Waals surface area contributed by atoms with Crippen molar-refractivity contribution in [3.8, 4) is 11.5 Å². The van der Waals surface area contributed by atoms with Gasteiger partial charge >= 0.3 is 0 Å². The third-order valence-electron chi connectivity index (χ3n) is 6.65. The van der Waals surface area contributed by atoms with E-state index in [0.29, 0.717) is 6.04 Å². The minimum absolute atomic E-state index is 0.648. The van der Waals surface area contributed by atoms with Crippen molar-refractivity contribution in [3.63, 3.8) is 0 Å². The Morgan fingerprint density at radius 3 is 2.43 bits per heavy atom. The van der Waals surface area contributed by atoms with Crippen LogP contribution in [0.15, 0.2) is 42.5 Å². The molecule has 1 atom stereocenters. The first-order valence-corrected chi connectivity index (χ1v) is 11.2. The maximum atomic E-state index is 5.65. The SMILES string of the molecule is COc1cccc(CN2CCCC(N3CCN(c4ccccc4C)CC3)C2)c1OC. The lowest BCUT2D eigenvalue weighted by Crippen LogP contribution is -2.55. The van der Waals surface area contributed by atoms with Crippen molar-refractivity contribution >= 4 is 5.69 Å². The van der Waals surface area contributed by atoms with E-state index in [4.69, 9.17) is 9.47 Å². The number of nitrogens with zero attached hydrogens (tertiary/aromatic N) is 3. The monoisotopic (exact) mass is 409 g/mol. The van der Waals surface area contributed by atoms with Crippen molar-refractivity contribution in [2.45, 2.75) is 32.4 Å². The highest BCUT2D eigenvalue weighted by Gasteiger charge is 2.29. The first kappa shape index (κ1) is 21.0. The van der Waals surface area contributed by atoms with Gasteiger partial charge < -0.3 is 14.4 Å². The van der Waals surface area contributed by atoms with E-state index in [-0.39, 0.29) is 0 Å². The zero-order valence-corrected chi connectivity index (χ0v) is 18.6. The van der Waals surface area contributed by atoms with E-state index in [1.807, 2.05) is 6.07 Å². The number of methoxy groups -OCH3 is 2. The number of piperidine rings is 1. The van der Waals surface area contributed by atoms with Gasteiger partial charge in [-0.3, -0.25) is 9.80 Å². The van der Waals surface area contributed by atoms with Crippen LogP contribution in [0.25, 0.3) is 0 Å². The lowest BCUT2D eigenvalue weighted by molar-refractivity contribution is 0.0882. The van der Waals surface area contributed by atoms with Gasteiger partial charge in [0.25, 0.3) is 0 Å². The number of rotatable bonds is 6. The molecule has 2 heterocycles. The quantitative estimate of drug-likeness (QED) is 0.724. The van der Waals surface area contributed by atoms with E-state index in [9.17, 15) is 0 Å². The van der Waals surface area contributed by atoms with E-state index in [1.165, 1.54) is 29.7 Å². The van der Waals surface area contributed by atoms with Crippen LogP contribution in [0.5, 0.6) is 11.5 Å². The summed E-state index contributed by atoms with van der Waals surface area (Å²) < 4.78 is 11.1. The highest BCUT2D eigenvalue weighted by molar-refractivity contribution is 5.53. The number of hydrogen-bond donors (Lipinski definition) is 0. The fourth-order valence-corrected chi connectivity index (χ4v) is 5.04. The van der Waals surface area contributed by atoms with E-state index < -0.39 is 0 Å². The molecule has 4 rings (SSSR count). The normalized spacial score (nSPS) is 20.9. The molecule has 2 aromatic rings. The number of anilines is 1. The van der Waals surface area contributed by atoms with Gasteiger partial charge in [-0.1, -0.05) is 30.3 Å². The van der Waals surface area contributed by atoms with Gasteiger partial charge in [0.05, 0.1) is 14.2 Å². The summed E-state index contributed by atoms with van der Waals surface area (Å²) in [6.07, 6.45) is 2.56. The molecule has 2 saturated heterocycles. The Kier molecular flexibility index (Phi) is 6.80. The molecule has 0 bridgehead atoms. The third-order valence-corrected chi connectivity index (χ3v) is 6.65. The van der Waals surface area contributed by atoms with Crippen molar-refractivity contribution in [1.82, 2.24) is 9.80 Å². The molecular formula is C25H35N3O2. The molecule has 5 heteroatoms. The van der Waals surface area contributed by atoms with Crippen LogP contribution >= 0.6 is 0 Å². The maximum Gasteiger partial charge on any atom is 0.165 e. The number of piperazine rings is 1. The maximum absolute atomic E-state index is 5.65. The third kappa shape index (κ3) is 4.57. The molecular weight excluding hydrogens is 374 g/mol. The Morgan fingerprint density at radius 2 is 1.70 bits per heavy atom. The fraction of sp³-hybridized carbons (Fsp3) is 0.520. The van der Waals surface area contributed by atoms with E-state index >= 15 is 0 Å². The van der Waals surface area contributed by atoms with Gasteiger partial charge in [-0.25, -0.2) is 0 Å². The molecule has 0 aliphatic carbocycles. The summed E-state index contributed by atoms with van der Waals surface area (Å²) in [6, 6.07) is 15.6. The Labute approximate surface area is 181 Å². The second-order valence-electron chi connectivity index (χ2n) is 8.49. The highest BCUT2D eigenvalue weighted by atomic mass is 16.5. The van der Waals surface area contributed by atoms with Crippen molar-refractivity contribution in [2.24, 2.45) is 0 Å². The second kappa shape index (κ2) is 9.71. The molecule has 0 aromatic heterocycles. The minimum Gasteiger partial charge on any atom is -0.493 e. The first-order valence-electron chi connectivity index (χ1n) is 11.2. The van der Waals surface area contributed by atoms with Gasteiger partial charge in [0.15, 0.2) is 11.5 Å². The average molecular weight is 410 g/mol. The second-order valence-corrected chi connectivity index (χ2v) is 8.49. The van der Waals surface area contributed by atoms with Crippen molar-refractivity contribution in [2.75, 3.05) is 58.4 Å². The van der Waals surface area contributed by atoms with Gasteiger partial charge in [-0.15, -0.1) is 0 Å². The van der Waals surface area contributed by atoms with Crippen LogP contribution in [0.4, 0.5) is 5.69 Å². The summed E-state index contributed by atoms with van der Waals surface area (Å²) in [6.45, 7) is 9.94. The number of para-hydroxylation sites is 2. The van der Waals surface area contributed by atoms with Crippen LogP contribution in [0.2, 0.25) is 0 Å². The number of hydrogen-bond acceptors (Lipinski definition) is 5. The smallest absolute Gasteiger partial charge is 0.165 e. The molecule has 2 fully saturated rings. The predicted molar refractivity (Wildman–Crippen MR) is 123 cm³/mol. The molecule has 0 N–H and O–H groups in total. The van der Waals surface area contributed by atoms with E-state index in [0.717, 1.165) is 57.3 Å². The summed E-state index contributed by atoms with van der Waals surface area (Å²) >= 11 is 0. The number of likely N-dealkylation sites (tertiary alicyclic amines) is 1. The minimum atomic E-state index is 0.648. The lowest BCUT2D eigenvalue weighted by atomic mass is 10.0. The molecule has 0 amide bonds. The van der Waals surface area contributed by atoms with Crippen LogP contribution in [0.3, 0.4) is 0 Å². The first-order chi connectivity index (χ1) is 14.7. The lowest BCUT2D eigenvalue weighted by Gasteiger charge is -2.44. The van der Waals surface area contributed by atoms with Crippen LogP contribution < -0.4 is 14.4 Å². The van der Waals surface area contributed by atoms with Crippen LogP contribution in [0.1, 0.15) is 24.0 Å². The number of ether oxygens (including phenoxy) is 2. The summed E-state index contributed by atoms with van der Waals surface area (Å²) in [5.74, 6) is 1.69. The molecule has 162 valence electrons. The largest absolute Gasteiger partial charge is 0.493 e. The predicted octanol–water partition coefficient (Wildman–Crippen LogP) is 3.80. The summed E-state index contributed by atoms with van der Waals surface area (Å²) in [4.78, 5) is 7.84. The number of aryl methyl sites for hydroxylation is 1. The molecule has 0 saturated carbocycles. The van der Waals surface area contributed by atoms with Gasteiger partial charge in [0.1, 0.15) is 0 Å². The molecule has 5 nitrogen and oxygen atoms in total. The van der Waals surface area contributed by atoms with E-state index in [1.54, 1.807) is 14.2 Å². The Morgan fingerprint density at radius 1 is 0.900 bits per heavy atom. The van der Waals surface area contributed by atoms with E-state index in [2.05, 4.69) is 58.0 Å². The molecule has 2 aliphatic rings. The average Bonchev–Trinajstić information content (AvgIpc) is 2.79. The zero-order valence-electron chi connectivity index (χ0n) is 18.6. The van der Waals surface area contributed by atoms with Gasteiger partial charge in [-0.2, -0.15) is 0 Å². The fourth-order valence-electron chi connectivity index (χ4n) is 5.04. The van der Waals surface area contributed by atoms with Crippen LogP contribution in [-0.4, -0.2) is 69.3 Å². The summed E-state index contributed by atoms with van der Waals surface area (Å²) in [5, 5.41) is 0. The van der Waals surface area contributed by atoms with Crippen LogP contribution in [0, 0.1) is 6.92 Å². The van der Waals surface area contributed by atoms with Crippen molar-refractivity contribution in [1.29, 1.82) is 0 Å². The highest BCUT2D eigenvalue weighted by Crippen LogP contribution is 2.32. The van der Waals surface area contributed by atoms with Gasteiger partial charge in [0, 0.05) is 56.6 Å². The van der Waals surface area contributed by atoms with Crippen molar-refractivity contribution < 1.29 is 9.47 Å². The van der Waals surface area contributed by atoms with Gasteiger partial charge in [0.2, 0.25) is 0 Å². The number of benzene rings is 2. The summed E-state index contributed by atoms with van der Waals surface area (Å²) in [7, 11) is 3.43. The molecule has 0 spiro atoms.